The summed E-state index contributed by atoms with van der Waals surface area (Å²) >= 11 is 0. The molecule has 2 N–H and O–H groups in total. The van der Waals surface area contributed by atoms with Crippen molar-refractivity contribution >= 4 is 11.8 Å². The normalized spacial score (nSPS) is 9.81. The van der Waals surface area contributed by atoms with Crippen LogP contribution in [-0.2, 0) is 16.0 Å². The summed E-state index contributed by atoms with van der Waals surface area (Å²) in [5, 5.41) is 5.04. The lowest BCUT2D eigenvalue weighted by Crippen LogP contribution is -2.40. The second-order valence-electron chi connectivity index (χ2n) is 3.39. The monoisotopic (exact) mass is 224 g/mol. The number of furan rings is 1. The number of amides is 2. The first-order valence-electron chi connectivity index (χ1n) is 5.31. The molecule has 1 aromatic rings. The lowest BCUT2D eigenvalue weighted by atomic mass is 10.2. The van der Waals surface area contributed by atoms with Crippen molar-refractivity contribution in [3.05, 3.63) is 24.2 Å². The van der Waals surface area contributed by atoms with Crippen LogP contribution < -0.4 is 10.6 Å². The van der Waals surface area contributed by atoms with Crippen molar-refractivity contribution in [2.45, 2.75) is 19.8 Å². The van der Waals surface area contributed by atoms with Gasteiger partial charge in [-0.25, -0.2) is 0 Å². The highest BCUT2D eigenvalue weighted by Crippen LogP contribution is 1.99. The SMILES string of the molecule is CCCNC(=O)C(=O)NCCc1ccoc1. The Morgan fingerprint density at radius 1 is 1.25 bits per heavy atom. The molecule has 0 fully saturated rings. The van der Waals surface area contributed by atoms with E-state index in [0.717, 1.165) is 12.0 Å². The van der Waals surface area contributed by atoms with E-state index in [4.69, 9.17) is 4.42 Å². The van der Waals surface area contributed by atoms with Crippen molar-refractivity contribution in [1.29, 1.82) is 0 Å². The van der Waals surface area contributed by atoms with Crippen LogP contribution in [0.3, 0.4) is 0 Å². The molecule has 0 atom stereocenters. The van der Waals surface area contributed by atoms with E-state index in [1.807, 2.05) is 13.0 Å². The number of carbonyl (C=O) groups is 2. The first-order valence-corrected chi connectivity index (χ1v) is 5.31. The molecule has 5 heteroatoms. The zero-order chi connectivity index (χ0) is 11.8. The van der Waals surface area contributed by atoms with E-state index in [1.54, 1.807) is 12.5 Å². The molecule has 5 nitrogen and oxygen atoms in total. The van der Waals surface area contributed by atoms with Gasteiger partial charge in [-0.1, -0.05) is 6.92 Å². The fourth-order valence-corrected chi connectivity index (χ4v) is 1.15. The van der Waals surface area contributed by atoms with Crippen LogP contribution in [-0.4, -0.2) is 24.9 Å². The van der Waals surface area contributed by atoms with E-state index in [9.17, 15) is 9.59 Å². The van der Waals surface area contributed by atoms with Gasteiger partial charge >= 0.3 is 11.8 Å². The van der Waals surface area contributed by atoms with Gasteiger partial charge in [0.05, 0.1) is 12.5 Å². The van der Waals surface area contributed by atoms with Crippen LogP contribution in [0.1, 0.15) is 18.9 Å². The second-order valence-corrected chi connectivity index (χ2v) is 3.39. The Balaban J connectivity index is 2.17. The molecule has 2 amide bonds. The third-order valence-electron chi connectivity index (χ3n) is 2.02. The molecule has 0 saturated carbocycles. The van der Waals surface area contributed by atoms with Crippen LogP contribution in [0, 0.1) is 0 Å². The molecule has 88 valence electrons. The highest BCUT2D eigenvalue weighted by Gasteiger charge is 2.11. The molecule has 1 heterocycles. The van der Waals surface area contributed by atoms with Crippen molar-refractivity contribution in [1.82, 2.24) is 10.6 Å². The van der Waals surface area contributed by atoms with Crippen LogP contribution in [0.15, 0.2) is 23.0 Å². The average Bonchev–Trinajstić information content (AvgIpc) is 2.78. The van der Waals surface area contributed by atoms with Gasteiger partial charge < -0.3 is 15.1 Å². The maximum absolute atomic E-state index is 11.2. The van der Waals surface area contributed by atoms with Gasteiger partial charge in [-0.3, -0.25) is 9.59 Å². The van der Waals surface area contributed by atoms with Crippen LogP contribution in [0.2, 0.25) is 0 Å². The molecule has 0 saturated heterocycles. The first-order chi connectivity index (χ1) is 7.74. The molecule has 0 unspecified atom stereocenters. The van der Waals surface area contributed by atoms with Gasteiger partial charge in [-0.15, -0.1) is 0 Å². The third-order valence-corrected chi connectivity index (χ3v) is 2.02. The molecular weight excluding hydrogens is 208 g/mol. The quantitative estimate of drug-likeness (QED) is 0.714. The van der Waals surface area contributed by atoms with Crippen molar-refractivity contribution in [3.8, 4) is 0 Å². The summed E-state index contributed by atoms with van der Waals surface area (Å²) < 4.78 is 4.88. The molecular formula is C11H16N2O3. The minimum absolute atomic E-state index is 0.428. The first kappa shape index (κ1) is 12.3. The summed E-state index contributed by atoms with van der Waals surface area (Å²) in [5.41, 5.74) is 0.995. The molecule has 1 aromatic heterocycles. The van der Waals surface area contributed by atoms with Gasteiger partial charge in [0.2, 0.25) is 0 Å². The Bertz CT molecular complexity index is 333. The summed E-state index contributed by atoms with van der Waals surface area (Å²) in [6.07, 6.45) is 4.66. The summed E-state index contributed by atoms with van der Waals surface area (Å²) in [5.74, 6) is -1.16. The standard InChI is InChI=1S/C11H16N2O3/c1-2-5-12-10(14)11(15)13-6-3-9-4-7-16-8-9/h4,7-8H,2-3,5-6H2,1H3,(H,12,14)(H,13,15). The maximum Gasteiger partial charge on any atom is 0.309 e. The molecule has 0 aliphatic carbocycles. The topological polar surface area (TPSA) is 71.3 Å². The molecule has 0 aliphatic heterocycles. The summed E-state index contributed by atoms with van der Waals surface area (Å²) in [6.45, 7) is 2.88. The fourth-order valence-electron chi connectivity index (χ4n) is 1.15. The summed E-state index contributed by atoms with van der Waals surface area (Å²) in [7, 11) is 0. The highest BCUT2D eigenvalue weighted by molar-refractivity contribution is 6.35. The van der Waals surface area contributed by atoms with Gasteiger partial charge in [0, 0.05) is 13.1 Å². The lowest BCUT2D eigenvalue weighted by Gasteiger charge is -2.04. The Hall–Kier alpha value is -1.78. The maximum atomic E-state index is 11.2. The van der Waals surface area contributed by atoms with Crippen LogP contribution in [0.4, 0.5) is 0 Å². The van der Waals surface area contributed by atoms with E-state index in [2.05, 4.69) is 10.6 Å². The van der Waals surface area contributed by atoms with Gasteiger partial charge in [-0.2, -0.15) is 0 Å². The number of nitrogens with one attached hydrogen (secondary N) is 2. The highest BCUT2D eigenvalue weighted by atomic mass is 16.3. The average molecular weight is 224 g/mol. The molecule has 16 heavy (non-hydrogen) atoms. The Kier molecular flexibility index (Phi) is 5.11. The minimum Gasteiger partial charge on any atom is -0.472 e. The number of hydrogen-bond acceptors (Lipinski definition) is 3. The van der Waals surface area contributed by atoms with Crippen molar-refractivity contribution in [3.63, 3.8) is 0 Å². The van der Waals surface area contributed by atoms with E-state index < -0.39 is 11.8 Å². The zero-order valence-corrected chi connectivity index (χ0v) is 9.29. The summed E-state index contributed by atoms with van der Waals surface area (Å²) in [4.78, 5) is 22.4. The molecule has 0 radical (unpaired) electrons. The second kappa shape index (κ2) is 6.66. The number of hydrogen-bond donors (Lipinski definition) is 2. The van der Waals surface area contributed by atoms with E-state index >= 15 is 0 Å². The van der Waals surface area contributed by atoms with E-state index in [0.29, 0.717) is 19.5 Å². The Labute approximate surface area is 94.2 Å². The van der Waals surface area contributed by atoms with Crippen molar-refractivity contribution in [2.75, 3.05) is 13.1 Å². The lowest BCUT2D eigenvalue weighted by molar-refractivity contribution is -0.139. The largest absolute Gasteiger partial charge is 0.472 e. The predicted octanol–water partition coefficient (Wildman–Crippen LogP) is 0.464. The van der Waals surface area contributed by atoms with Crippen LogP contribution in [0.5, 0.6) is 0 Å². The van der Waals surface area contributed by atoms with Crippen LogP contribution in [0.25, 0.3) is 0 Å². The van der Waals surface area contributed by atoms with E-state index in [-0.39, 0.29) is 0 Å². The molecule has 1 rings (SSSR count). The fraction of sp³-hybridized carbons (Fsp3) is 0.455. The van der Waals surface area contributed by atoms with Crippen LogP contribution >= 0.6 is 0 Å². The predicted molar refractivity (Wildman–Crippen MR) is 58.7 cm³/mol. The van der Waals surface area contributed by atoms with Crippen molar-refractivity contribution in [2.24, 2.45) is 0 Å². The van der Waals surface area contributed by atoms with E-state index in [1.165, 1.54) is 0 Å². The van der Waals surface area contributed by atoms with Gasteiger partial charge in [-0.05, 0) is 24.5 Å². The molecule has 0 aromatic carbocycles. The van der Waals surface area contributed by atoms with Gasteiger partial charge in [0.1, 0.15) is 0 Å². The van der Waals surface area contributed by atoms with Gasteiger partial charge in [0.15, 0.2) is 0 Å². The summed E-state index contributed by atoms with van der Waals surface area (Å²) in [6, 6.07) is 1.82. The smallest absolute Gasteiger partial charge is 0.309 e. The molecule has 0 aliphatic rings. The Morgan fingerprint density at radius 2 is 1.94 bits per heavy atom. The van der Waals surface area contributed by atoms with Crippen molar-refractivity contribution < 1.29 is 14.0 Å². The number of rotatable bonds is 5. The molecule has 0 bridgehead atoms. The zero-order valence-electron chi connectivity index (χ0n) is 9.29. The van der Waals surface area contributed by atoms with Gasteiger partial charge in [0.25, 0.3) is 0 Å². The Morgan fingerprint density at radius 3 is 2.50 bits per heavy atom. The third kappa shape index (κ3) is 4.16. The molecule has 0 spiro atoms. The number of carbonyl (C=O) groups excluding carboxylic acids is 2. The minimum atomic E-state index is -0.586.